The minimum Gasteiger partial charge on any atom is -0.305 e. The lowest BCUT2D eigenvalue weighted by atomic mass is 9.88. The molecule has 0 spiro atoms. The highest BCUT2D eigenvalue weighted by Gasteiger charge is 2.43. The fraction of sp³-hybridized carbons (Fsp3) is 0.667. The molecule has 0 aliphatic carbocycles. The second kappa shape index (κ2) is 5.38. The Labute approximate surface area is 128 Å². The monoisotopic (exact) mass is 285 g/mol. The van der Waals surface area contributed by atoms with Crippen molar-refractivity contribution < 1.29 is 0 Å². The summed E-state index contributed by atoms with van der Waals surface area (Å²) in [5.41, 5.74) is 1.53. The van der Waals surface area contributed by atoms with Crippen molar-refractivity contribution in [3.63, 3.8) is 0 Å². The normalized spacial score (nSPS) is 37.8. The molecule has 4 rings (SSSR count). The highest BCUT2D eigenvalue weighted by atomic mass is 15.3. The molecular formula is C18H27N3. The van der Waals surface area contributed by atoms with Crippen LogP contribution in [0.25, 0.3) is 0 Å². The highest BCUT2D eigenvalue weighted by Crippen LogP contribution is 2.34. The SMILES string of the molecule is CC1(c2ccccc2)CN(C2CCN3CCCC23)CCN1. The Balaban J connectivity index is 1.53. The van der Waals surface area contributed by atoms with Gasteiger partial charge in [0.15, 0.2) is 0 Å². The lowest BCUT2D eigenvalue weighted by molar-refractivity contribution is 0.0838. The molecule has 0 bridgehead atoms. The Morgan fingerprint density at radius 3 is 2.67 bits per heavy atom. The van der Waals surface area contributed by atoms with Gasteiger partial charge < -0.3 is 5.32 Å². The van der Waals surface area contributed by atoms with E-state index in [9.17, 15) is 0 Å². The van der Waals surface area contributed by atoms with Gasteiger partial charge in [0.25, 0.3) is 0 Å². The maximum Gasteiger partial charge on any atom is 0.0535 e. The summed E-state index contributed by atoms with van der Waals surface area (Å²) in [6, 6.07) is 12.6. The highest BCUT2D eigenvalue weighted by molar-refractivity contribution is 5.25. The second-order valence-electron chi connectivity index (χ2n) is 7.20. The van der Waals surface area contributed by atoms with Crippen LogP contribution < -0.4 is 5.32 Å². The standard InChI is InChI=1S/C18H27N3/c1-18(15-6-3-2-4-7-15)14-21(13-10-19-18)17-9-12-20-11-5-8-16(17)20/h2-4,6-7,16-17,19H,5,8-14H2,1H3. The van der Waals surface area contributed by atoms with E-state index in [1.807, 2.05) is 0 Å². The molecule has 3 heteroatoms. The molecule has 1 N–H and O–H groups in total. The summed E-state index contributed by atoms with van der Waals surface area (Å²) in [4.78, 5) is 5.51. The number of nitrogens with zero attached hydrogens (tertiary/aromatic N) is 2. The van der Waals surface area contributed by atoms with E-state index < -0.39 is 0 Å². The molecule has 3 unspecified atom stereocenters. The maximum absolute atomic E-state index is 3.77. The van der Waals surface area contributed by atoms with E-state index in [1.165, 1.54) is 44.5 Å². The van der Waals surface area contributed by atoms with E-state index in [2.05, 4.69) is 52.4 Å². The summed E-state index contributed by atoms with van der Waals surface area (Å²) in [5, 5.41) is 3.77. The lowest BCUT2D eigenvalue weighted by Gasteiger charge is -2.45. The van der Waals surface area contributed by atoms with Crippen molar-refractivity contribution in [1.82, 2.24) is 15.1 Å². The third-order valence-electron chi connectivity index (χ3n) is 5.88. The average Bonchev–Trinajstić information content (AvgIpc) is 3.11. The van der Waals surface area contributed by atoms with Gasteiger partial charge in [0.05, 0.1) is 5.54 Å². The van der Waals surface area contributed by atoms with Gasteiger partial charge in [0, 0.05) is 38.3 Å². The van der Waals surface area contributed by atoms with E-state index in [-0.39, 0.29) is 5.54 Å². The first kappa shape index (κ1) is 13.7. The topological polar surface area (TPSA) is 18.5 Å². The number of piperazine rings is 1. The number of hydrogen-bond donors (Lipinski definition) is 1. The number of hydrogen-bond acceptors (Lipinski definition) is 3. The first-order valence-corrected chi connectivity index (χ1v) is 8.55. The summed E-state index contributed by atoms with van der Waals surface area (Å²) in [5.74, 6) is 0. The molecule has 3 heterocycles. The summed E-state index contributed by atoms with van der Waals surface area (Å²) in [6.45, 7) is 8.48. The third-order valence-corrected chi connectivity index (χ3v) is 5.88. The molecule has 3 aliphatic rings. The van der Waals surface area contributed by atoms with Gasteiger partial charge >= 0.3 is 0 Å². The van der Waals surface area contributed by atoms with Crippen molar-refractivity contribution in [3.05, 3.63) is 35.9 Å². The molecule has 3 saturated heterocycles. The van der Waals surface area contributed by atoms with Gasteiger partial charge in [-0.15, -0.1) is 0 Å². The van der Waals surface area contributed by atoms with Crippen LogP contribution in [0, 0.1) is 0 Å². The molecule has 0 amide bonds. The van der Waals surface area contributed by atoms with E-state index in [1.54, 1.807) is 0 Å². The van der Waals surface area contributed by atoms with Crippen molar-refractivity contribution >= 4 is 0 Å². The Hall–Kier alpha value is -0.900. The van der Waals surface area contributed by atoms with Gasteiger partial charge in [-0.3, -0.25) is 9.80 Å². The zero-order valence-electron chi connectivity index (χ0n) is 13.1. The molecule has 0 aromatic heterocycles. The summed E-state index contributed by atoms with van der Waals surface area (Å²) >= 11 is 0. The van der Waals surface area contributed by atoms with Crippen LogP contribution in [0.4, 0.5) is 0 Å². The van der Waals surface area contributed by atoms with Crippen molar-refractivity contribution in [2.45, 2.75) is 43.8 Å². The molecule has 3 nitrogen and oxygen atoms in total. The van der Waals surface area contributed by atoms with Gasteiger partial charge in [0.2, 0.25) is 0 Å². The number of fused-ring (bicyclic) bond motifs is 1. The molecule has 3 atom stereocenters. The minimum atomic E-state index is 0.103. The number of nitrogens with one attached hydrogen (secondary N) is 1. The second-order valence-corrected chi connectivity index (χ2v) is 7.20. The Morgan fingerprint density at radius 1 is 1.00 bits per heavy atom. The largest absolute Gasteiger partial charge is 0.305 e. The van der Waals surface area contributed by atoms with Crippen LogP contribution in [0.1, 0.15) is 31.7 Å². The smallest absolute Gasteiger partial charge is 0.0535 e. The summed E-state index contributed by atoms with van der Waals surface area (Å²) in [6.07, 6.45) is 4.19. The van der Waals surface area contributed by atoms with Crippen LogP contribution in [0.5, 0.6) is 0 Å². The van der Waals surface area contributed by atoms with E-state index in [0.29, 0.717) is 0 Å². The van der Waals surface area contributed by atoms with Gasteiger partial charge in [0.1, 0.15) is 0 Å². The quantitative estimate of drug-likeness (QED) is 0.897. The molecular weight excluding hydrogens is 258 g/mol. The lowest BCUT2D eigenvalue weighted by Crippen LogP contribution is -2.60. The molecule has 21 heavy (non-hydrogen) atoms. The van der Waals surface area contributed by atoms with Crippen molar-refractivity contribution in [2.24, 2.45) is 0 Å². The van der Waals surface area contributed by atoms with Gasteiger partial charge in [-0.25, -0.2) is 0 Å². The molecule has 0 saturated carbocycles. The molecule has 114 valence electrons. The fourth-order valence-corrected chi connectivity index (χ4v) is 4.78. The van der Waals surface area contributed by atoms with Crippen LogP contribution >= 0.6 is 0 Å². The van der Waals surface area contributed by atoms with E-state index >= 15 is 0 Å². The van der Waals surface area contributed by atoms with Crippen molar-refractivity contribution in [1.29, 1.82) is 0 Å². The van der Waals surface area contributed by atoms with Gasteiger partial charge in [-0.1, -0.05) is 30.3 Å². The van der Waals surface area contributed by atoms with E-state index in [0.717, 1.165) is 25.2 Å². The third kappa shape index (κ3) is 2.41. The molecule has 0 radical (unpaired) electrons. The number of benzene rings is 1. The van der Waals surface area contributed by atoms with E-state index in [4.69, 9.17) is 0 Å². The van der Waals surface area contributed by atoms with Crippen LogP contribution in [-0.4, -0.2) is 54.6 Å². The predicted molar refractivity (Wildman–Crippen MR) is 86.4 cm³/mol. The van der Waals surface area contributed by atoms with Crippen molar-refractivity contribution in [3.8, 4) is 0 Å². The first-order valence-electron chi connectivity index (χ1n) is 8.55. The molecule has 3 fully saturated rings. The summed E-state index contributed by atoms with van der Waals surface area (Å²) < 4.78 is 0. The van der Waals surface area contributed by atoms with Gasteiger partial charge in [-0.05, 0) is 38.3 Å². The molecule has 1 aromatic carbocycles. The van der Waals surface area contributed by atoms with Crippen LogP contribution in [0.2, 0.25) is 0 Å². The maximum atomic E-state index is 3.77. The van der Waals surface area contributed by atoms with Crippen molar-refractivity contribution in [2.75, 3.05) is 32.7 Å². The zero-order valence-corrected chi connectivity index (χ0v) is 13.1. The molecule has 3 aliphatic heterocycles. The summed E-state index contributed by atoms with van der Waals surface area (Å²) in [7, 11) is 0. The van der Waals surface area contributed by atoms with Crippen LogP contribution in [-0.2, 0) is 5.54 Å². The number of rotatable bonds is 2. The predicted octanol–water partition coefficient (Wildman–Crippen LogP) is 2.04. The first-order chi connectivity index (χ1) is 10.3. The average molecular weight is 285 g/mol. The fourth-order valence-electron chi connectivity index (χ4n) is 4.78. The zero-order chi connectivity index (χ0) is 14.3. The van der Waals surface area contributed by atoms with Crippen LogP contribution in [0.3, 0.4) is 0 Å². The van der Waals surface area contributed by atoms with Gasteiger partial charge in [-0.2, -0.15) is 0 Å². The Bertz CT molecular complexity index is 488. The Morgan fingerprint density at radius 2 is 1.81 bits per heavy atom. The molecule has 1 aromatic rings. The van der Waals surface area contributed by atoms with Crippen LogP contribution in [0.15, 0.2) is 30.3 Å². The Kier molecular flexibility index (Phi) is 3.52. The minimum absolute atomic E-state index is 0.103.